The summed E-state index contributed by atoms with van der Waals surface area (Å²) in [4.78, 5) is 0. The Morgan fingerprint density at radius 3 is 2.45 bits per heavy atom. The van der Waals surface area contributed by atoms with E-state index < -0.39 is 0 Å². The number of fused-ring (bicyclic) bond motifs is 2. The second-order valence-electron chi connectivity index (χ2n) is 4.74. The van der Waals surface area contributed by atoms with E-state index in [0.717, 1.165) is 17.8 Å². The summed E-state index contributed by atoms with van der Waals surface area (Å²) in [7, 11) is 0. The largest absolute Gasteiger partial charge is 0.316 e. The van der Waals surface area contributed by atoms with Crippen molar-refractivity contribution >= 4 is 0 Å². The lowest BCUT2D eigenvalue weighted by molar-refractivity contribution is 0.178. The van der Waals surface area contributed by atoms with Crippen LogP contribution in [0.2, 0.25) is 0 Å². The van der Waals surface area contributed by atoms with Crippen molar-refractivity contribution in [3.8, 4) is 0 Å². The molecule has 0 radical (unpaired) electrons. The summed E-state index contributed by atoms with van der Waals surface area (Å²) in [5, 5.41) is 3.52. The van der Waals surface area contributed by atoms with Crippen molar-refractivity contribution in [1.82, 2.24) is 5.32 Å². The molecule has 11 heavy (non-hydrogen) atoms. The lowest BCUT2D eigenvalue weighted by atomic mass is 9.76. The highest BCUT2D eigenvalue weighted by Gasteiger charge is 2.46. The van der Waals surface area contributed by atoms with Crippen molar-refractivity contribution < 1.29 is 0 Å². The van der Waals surface area contributed by atoms with Crippen LogP contribution in [-0.4, -0.2) is 13.1 Å². The third-order valence-electron chi connectivity index (χ3n) is 4.05. The first-order chi connectivity index (χ1) is 5.43. The van der Waals surface area contributed by atoms with Crippen molar-refractivity contribution in [2.75, 3.05) is 13.1 Å². The van der Waals surface area contributed by atoms with Crippen LogP contribution < -0.4 is 5.32 Å². The molecule has 0 aromatic carbocycles. The standard InChI is InChI=1S/C10H17N/c1-2-11-6-10-5-9-4-8(9)3-7(1)10/h7-11H,1-6H2. The van der Waals surface area contributed by atoms with Crippen molar-refractivity contribution in [2.45, 2.75) is 25.7 Å². The predicted octanol–water partition coefficient (Wildman–Crippen LogP) is 1.64. The summed E-state index contributed by atoms with van der Waals surface area (Å²) < 4.78 is 0. The van der Waals surface area contributed by atoms with Gasteiger partial charge >= 0.3 is 0 Å². The van der Waals surface area contributed by atoms with Crippen LogP contribution in [0.25, 0.3) is 0 Å². The fourth-order valence-electron chi connectivity index (χ4n) is 3.23. The second-order valence-corrected chi connectivity index (χ2v) is 4.74. The molecule has 0 spiro atoms. The predicted molar refractivity (Wildman–Crippen MR) is 45.3 cm³/mol. The van der Waals surface area contributed by atoms with E-state index >= 15 is 0 Å². The lowest BCUT2D eigenvalue weighted by Crippen LogP contribution is -2.38. The summed E-state index contributed by atoms with van der Waals surface area (Å²) in [6, 6.07) is 0. The van der Waals surface area contributed by atoms with Gasteiger partial charge in [0.2, 0.25) is 0 Å². The van der Waals surface area contributed by atoms with Crippen LogP contribution in [0.5, 0.6) is 0 Å². The SMILES string of the molecule is C1CC2CC3CC3CC2CN1. The van der Waals surface area contributed by atoms with Gasteiger partial charge in [0, 0.05) is 0 Å². The summed E-state index contributed by atoms with van der Waals surface area (Å²) >= 11 is 0. The van der Waals surface area contributed by atoms with E-state index in [0.29, 0.717) is 0 Å². The van der Waals surface area contributed by atoms with Gasteiger partial charge in [0.15, 0.2) is 0 Å². The van der Waals surface area contributed by atoms with Gasteiger partial charge in [0.1, 0.15) is 0 Å². The van der Waals surface area contributed by atoms with Crippen molar-refractivity contribution in [3.05, 3.63) is 0 Å². The minimum Gasteiger partial charge on any atom is -0.316 e. The van der Waals surface area contributed by atoms with Gasteiger partial charge in [0.25, 0.3) is 0 Å². The zero-order valence-corrected chi connectivity index (χ0v) is 7.05. The van der Waals surface area contributed by atoms with E-state index in [1.165, 1.54) is 25.4 Å². The van der Waals surface area contributed by atoms with E-state index in [-0.39, 0.29) is 0 Å². The average molecular weight is 151 g/mol. The van der Waals surface area contributed by atoms with Crippen LogP contribution in [-0.2, 0) is 0 Å². The normalized spacial score (nSPS) is 54.5. The number of nitrogens with one attached hydrogen (secondary N) is 1. The van der Waals surface area contributed by atoms with Gasteiger partial charge in [-0.3, -0.25) is 0 Å². The molecule has 1 N–H and O–H groups in total. The van der Waals surface area contributed by atoms with Crippen molar-refractivity contribution in [1.29, 1.82) is 0 Å². The van der Waals surface area contributed by atoms with Crippen LogP contribution in [0.3, 0.4) is 0 Å². The van der Waals surface area contributed by atoms with Crippen LogP contribution in [0.4, 0.5) is 0 Å². The molecular formula is C10H17N. The van der Waals surface area contributed by atoms with E-state index in [4.69, 9.17) is 0 Å². The first kappa shape index (κ1) is 6.47. The smallest absolute Gasteiger partial charge is 0.00178 e. The molecule has 1 saturated heterocycles. The molecule has 0 bridgehead atoms. The third kappa shape index (κ3) is 1.01. The van der Waals surface area contributed by atoms with Gasteiger partial charge in [0.05, 0.1) is 0 Å². The van der Waals surface area contributed by atoms with Crippen LogP contribution >= 0.6 is 0 Å². The molecule has 3 fully saturated rings. The fourth-order valence-corrected chi connectivity index (χ4v) is 3.23. The molecule has 3 aliphatic rings. The molecule has 1 heteroatoms. The Hall–Kier alpha value is -0.0400. The minimum absolute atomic E-state index is 1.06. The van der Waals surface area contributed by atoms with Crippen molar-refractivity contribution in [2.24, 2.45) is 23.7 Å². The molecule has 0 amide bonds. The van der Waals surface area contributed by atoms with Gasteiger partial charge in [-0.25, -0.2) is 0 Å². The van der Waals surface area contributed by atoms with Crippen LogP contribution in [0.15, 0.2) is 0 Å². The van der Waals surface area contributed by atoms with Crippen LogP contribution in [0.1, 0.15) is 25.7 Å². The Labute approximate surface area is 68.6 Å². The number of rotatable bonds is 0. The molecule has 1 heterocycles. The lowest BCUT2D eigenvalue weighted by Gasteiger charge is -2.35. The quantitative estimate of drug-likeness (QED) is 0.555. The van der Waals surface area contributed by atoms with E-state index in [1.807, 2.05) is 0 Å². The maximum atomic E-state index is 3.52. The Morgan fingerprint density at radius 1 is 0.818 bits per heavy atom. The molecule has 0 aromatic heterocycles. The second kappa shape index (κ2) is 2.22. The zero-order chi connectivity index (χ0) is 7.26. The summed E-state index contributed by atoms with van der Waals surface area (Å²) in [5.74, 6) is 4.51. The molecule has 0 aromatic rings. The van der Waals surface area contributed by atoms with Gasteiger partial charge < -0.3 is 5.32 Å². The van der Waals surface area contributed by atoms with Gasteiger partial charge in [-0.05, 0) is 62.4 Å². The molecule has 4 atom stereocenters. The Morgan fingerprint density at radius 2 is 1.55 bits per heavy atom. The number of piperidine rings is 1. The minimum atomic E-state index is 1.06. The zero-order valence-electron chi connectivity index (χ0n) is 7.05. The first-order valence-electron chi connectivity index (χ1n) is 5.14. The molecule has 1 nitrogen and oxygen atoms in total. The van der Waals surface area contributed by atoms with Gasteiger partial charge in [-0.15, -0.1) is 0 Å². The molecule has 1 aliphatic heterocycles. The Kier molecular flexibility index (Phi) is 1.31. The molecule has 3 rings (SSSR count). The molecule has 62 valence electrons. The molecular weight excluding hydrogens is 134 g/mol. The average Bonchev–Trinajstić information content (AvgIpc) is 2.77. The summed E-state index contributed by atoms with van der Waals surface area (Å²) in [6.07, 6.45) is 6.18. The third-order valence-corrected chi connectivity index (χ3v) is 4.05. The first-order valence-corrected chi connectivity index (χ1v) is 5.14. The Bertz CT molecular complexity index is 148. The summed E-state index contributed by atoms with van der Waals surface area (Å²) in [5.41, 5.74) is 0. The van der Waals surface area contributed by atoms with Gasteiger partial charge in [-0.2, -0.15) is 0 Å². The highest BCUT2D eigenvalue weighted by molar-refractivity contribution is 4.97. The number of hydrogen-bond acceptors (Lipinski definition) is 1. The summed E-state index contributed by atoms with van der Waals surface area (Å²) in [6.45, 7) is 2.62. The fraction of sp³-hybridized carbons (Fsp3) is 1.00. The topological polar surface area (TPSA) is 12.0 Å². The number of hydrogen-bond donors (Lipinski definition) is 1. The monoisotopic (exact) mass is 151 g/mol. The van der Waals surface area contributed by atoms with Gasteiger partial charge in [-0.1, -0.05) is 0 Å². The van der Waals surface area contributed by atoms with E-state index in [2.05, 4.69) is 5.32 Å². The Balaban J connectivity index is 1.73. The van der Waals surface area contributed by atoms with E-state index in [1.54, 1.807) is 19.3 Å². The molecule has 2 saturated carbocycles. The van der Waals surface area contributed by atoms with E-state index in [9.17, 15) is 0 Å². The molecule has 2 aliphatic carbocycles. The maximum Gasteiger partial charge on any atom is -0.00178 e. The molecule has 4 unspecified atom stereocenters. The highest BCUT2D eigenvalue weighted by atomic mass is 14.9. The highest BCUT2D eigenvalue weighted by Crippen LogP contribution is 2.54. The van der Waals surface area contributed by atoms with Crippen LogP contribution in [0, 0.1) is 23.7 Å². The maximum absolute atomic E-state index is 3.52. The van der Waals surface area contributed by atoms with Crippen molar-refractivity contribution in [3.63, 3.8) is 0 Å².